The quantitative estimate of drug-likeness (QED) is 0.775. The molecule has 8 heteroatoms. The van der Waals surface area contributed by atoms with Crippen LogP contribution in [0.5, 0.6) is 0 Å². The zero-order chi connectivity index (χ0) is 17.6. The van der Waals surface area contributed by atoms with E-state index in [1.54, 1.807) is 34.8 Å². The number of rotatable bonds is 2. The van der Waals surface area contributed by atoms with Crippen LogP contribution in [0, 0.1) is 0 Å². The number of benzene rings is 1. The van der Waals surface area contributed by atoms with Crippen LogP contribution < -0.4 is 5.73 Å². The van der Waals surface area contributed by atoms with Gasteiger partial charge in [-0.3, -0.25) is 4.79 Å². The van der Waals surface area contributed by atoms with E-state index in [0.29, 0.717) is 11.2 Å². The van der Waals surface area contributed by atoms with E-state index in [1.807, 2.05) is 12.1 Å². The predicted octanol–water partition coefficient (Wildman–Crippen LogP) is 2.46. The lowest BCUT2D eigenvalue weighted by molar-refractivity contribution is 0.0120. The van der Waals surface area contributed by atoms with Gasteiger partial charge in [-0.05, 0) is 24.3 Å². The molecule has 1 aromatic carbocycles. The lowest BCUT2D eigenvalue weighted by Gasteiger charge is -2.16. The minimum absolute atomic E-state index is 0.0745. The summed E-state index contributed by atoms with van der Waals surface area (Å²) >= 11 is 0. The minimum atomic E-state index is -2.79. The van der Waals surface area contributed by atoms with Crippen molar-refractivity contribution in [2.24, 2.45) is 0 Å². The zero-order valence-corrected chi connectivity index (χ0v) is 13.2. The second kappa shape index (κ2) is 5.51. The van der Waals surface area contributed by atoms with Crippen molar-refractivity contribution < 1.29 is 13.6 Å². The summed E-state index contributed by atoms with van der Waals surface area (Å²) in [5.41, 5.74) is 8.23. The number of alkyl halides is 2. The minimum Gasteiger partial charge on any atom is -0.366 e. The number of carbonyl (C=O) groups is 1. The maximum atomic E-state index is 13.3. The number of nitrogen functional groups attached to an aromatic ring is 1. The fourth-order valence-electron chi connectivity index (χ4n) is 3.02. The Hall–Kier alpha value is -3.03. The molecule has 0 radical (unpaired) electrons. The third-order valence-electron chi connectivity index (χ3n) is 4.26. The van der Waals surface area contributed by atoms with Crippen molar-refractivity contribution in [1.82, 2.24) is 19.5 Å². The molecule has 0 aliphatic carbocycles. The Labute approximate surface area is 141 Å². The number of nitrogens with two attached hydrogens (primary N) is 1. The van der Waals surface area contributed by atoms with Gasteiger partial charge in [0.2, 0.25) is 5.95 Å². The van der Waals surface area contributed by atoms with Gasteiger partial charge in [-0.25, -0.2) is 13.3 Å². The first-order chi connectivity index (χ1) is 11.9. The number of likely N-dealkylation sites (tertiary alicyclic amines) is 1. The Kier molecular flexibility index (Phi) is 3.41. The summed E-state index contributed by atoms with van der Waals surface area (Å²) in [6, 6.07) is 12.3. The molecule has 3 aromatic rings. The summed E-state index contributed by atoms with van der Waals surface area (Å²) < 4.78 is 28.2. The van der Waals surface area contributed by atoms with Crippen LogP contribution in [-0.4, -0.2) is 44.4 Å². The van der Waals surface area contributed by atoms with Gasteiger partial charge >= 0.3 is 0 Å². The highest BCUT2D eigenvalue weighted by molar-refractivity contribution is 5.95. The van der Waals surface area contributed by atoms with E-state index in [0.717, 1.165) is 11.3 Å². The highest BCUT2D eigenvalue weighted by Crippen LogP contribution is 2.28. The van der Waals surface area contributed by atoms with Crippen LogP contribution in [0.1, 0.15) is 16.8 Å². The molecular formula is C17H15F2N5O. The van der Waals surface area contributed by atoms with Crippen molar-refractivity contribution in [1.29, 1.82) is 0 Å². The van der Waals surface area contributed by atoms with Gasteiger partial charge < -0.3 is 10.6 Å². The van der Waals surface area contributed by atoms with Crippen LogP contribution in [0.15, 0.2) is 42.5 Å². The second-order valence-corrected chi connectivity index (χ2v) is 6.06. The third-order valence-corrected chi connectivity index (χ3v) is 4.26. The smallest absolute Gasteiger partial charge is 0.267 e. The molecule has 128 valence electrons. The van der Waals surface area contributed by atoms with Gasteiger partial charge in [0, 0.05) is 24.1 Å². The average molecular weight is 343 g/mol. The molecule has 0 spiro atoms. The third kappa shape index (κ3) is 2.79. The topological polar surface area (TPSA) is 76.5 Å². The van der Waals surface area contributed by atoms with Crippen molar-refractivity contribution >= 4 is 17.5 Å². The molecule has 6 nitrogen and oxygen atoms in total. The molecule has 25 heavy (non-hydrogen) atoms. The Bertz CT molecular complexity index is 951. The van der Waals surface area contributed by atoms with Crippen LogP contribution >= 0.6 is 0 Å². The molecule has 0 bridgehead atoms. The monoisotopic (exact) mass is 343 g/mol. The van der Waals surface area contributed by atoms with E-state index >= 15 is 0 Å². The van der Waals surface area contributed by atoms with E-state index in [9.17, 15) is 13.6 Å². The summed E-state index contributed by atoms with van der Waals surface area (Å²) in [5, 5.41) is 4.15. The molecule has 0 saturated carbocycles. The van der Waals surface area contributed by atoms with Crippen LogP contribution in [-0.2, 0) is 0 Å². The summed E-state index contributed by atoms with van der Waals surface area (Å²) in [4.78, 5) is 17.6. The van der Waals surface area contributed by atoms with Crippen LogP contribution in [0.4, 0.5) is 14.7 Å². The van der Waals surface area contributed by atoms with E-state index < -0.39 is 12.5 Å². The van der Waals surface area contributed by atoms with Gasteiger partial charge in [0.15, 0.2) is 5.65 Å². The maximum absolute atomic E-state index is 13.3. The van der Waals surface area contributed by atoms with Gasteiger partial charge in [0.25, 0.3) is 11.8 Å². The maximum Gasteiger partial charge on any atom is 0.267 e. The van der Waals surface area contributed by atoms with Crippen molar-refractivity contribution in [3.05, 3.63) is 48.0 Å². The number of nitrogens with zero attached hydrogens (tertiary/aromatic N) is 4. The Morgan fingerprint density at radius 1 is 1.16 bits per heavy atom. The summed E-state index contributed by atoms with van der Waals surface area (Å²) in [7, 11) is 0. The van der Waals surface area contributed by atoms with Crippen LogP contribution in [0.2, 0.25) is 0 Å². The molecule has 1 aliphatic heterocycles. The van der Waals surface area contributed by atoms with Crippen molar-refractivity contribution in [3.8, 4) is 11.3 Å². The number of hydrogen-bond donors (Lipinski definition) is 1. The van der Waals surface area contributed by atoms with E-state index in [2.05, 4.69) is 10.1 Å². The van der Waals surface area contributed by atoms with Crippen molar-refractivity contribution in [3.63, 3.8) is 0 Å². The number of halogens is 2. The molecule has 0 atom stereocenters. The molecule has 1 fully saturated rings. The zero-order valence-electron chi connectivity index (χ0n) is 13.2. The SMILES string of the molecule is Nc1nc2cccc(-c3ccc(C(=O)N4CCC(F)(F)C4)cc3)n2n1. The van der Waals surface area contributed by atoms with Gasteiger partial charge in [-0.2, -0.15) is 4.98 Å². The number of aromatic nitrogens is 3. The lowest BCUT2D eigenvalue weighted by Crippen LogP contribution is -2.31. The summed E-state index contributed by atoms with van der Waals surface area (Å²) in [6.07, 6.45) is -0.285. The molecule has 3 heterocycles. The highest BCUT2D eigenvalue weighted by atomic mass is 19.3. The standard InChI is InChI=1S/C17H15F2N5O/c18-17(19)8-9-23(10-17)15(25)12-6-4-11(5-7-12)13-2-1-3-14-21-16(20)22-24(13)14/h1-7H,8-10H2,(H2,20,22). The molecule has 2 N–H and O–H groups in total. The van der Waals surface area contributed by atoms with Crippen LogP contribution in [0.25, 0.3) is 16.9 Å². The predicted molar refractivity (Wildman–Crippen MR) is 88.3 cm³/mol. The fourth-order valence-corrected chi connectivity index (χ4v) is 3.02. The van der Waals surface area contributed by atoms with Crippen molar-refractivity contribution in [2.45, 2.75) is 12.3 Å². The Morgan fingerprint density at radius 3 is 2.60 bits per heavy atom. The normalized spacial score (nSPS) is 16.5. The summed E-state index contributed by atoms with van der Waals surface area (Å²) in [6.45, 7) is -0.448. The number of amides is 1. The number of anilines is 1. The highest BCUT2D eigenvalue weighted by Gasteiger charge is 2.40. The number of pyridine rings is 1. The van der Waals surface area contributed by atoms with Crippen molar-refractivity contribution in [2.75, 3.05) is 18.8 Å². The molecular weight excluding hydrogens is 328 g/mol. The van der Waals surface area contributed by atoms with Gasteiger partial charge in [0.05, 0.1) is 12.2 Å². The molecule has 4 rings (SSSR count). The number of carbonyl (C=O) groups excluding carboxylic acids is 1. The fraction of sp³-hybridized carbons (Fsp3) is 0.235. The van der Waals surface area contributed by atoms with E-state index in [4.69, 9.17) is 5.73 Å². The van der Waals surface area contributed by atoms with E-state index in [-0.39, 0.29) is 24.8 Å². The van der Waals surface area contributed by atoms with Crippen LogP contribution in [0.3, 0.4) is 0 Å². The molecule has 2 aromatic heterocycles. The first kappa shape index (κ1) is 15.5. The molecule has 1 saturated heterocycles. The Morgan fingerprint density at radius 2 is 1.92 bits per heavy atom. The number of hydrogen-bond acceptors (Lipinski definition) is 4. The molecule has 0 unspecified atom stereocenters. The largest absolute Gasteiger partial charge is 0.366 e. The second-order valence-electron chi connectivity index (χ2n) is 6.06. The average Bonchev–Trinajstić information content (AvgIpc) is 3.15. The first-order valence-electron chi connectivity index (χ1n) is 7.82. The van der Waals surface area contributed by atoms with Gasteiger partial charge in [-0.15, -0.1) is 5.10 Å². The molecule has 1 amide bonds. The molecule has 1 aliphatic rings. The number of fused-ring (bicyclic) bond motifs is 1. The Balaban J connectivity index is 1.63. The summed E-state index contributed by atoms with van der Waals surface area (Å²) in [5.74, 6) is -3.00. The van der Waals surface area contributed by atoms with Gasteiger partial charge in [0.1, 0.15) is 0 Å². The lowest BCUT2D eigenvalue weighted by atomic mass is 10.1. The van der Waals surface area contributed by atoms with Gasteiger partial charge in [-0.1, -0.05) is 18.2 Å². The first-order valence-corrected chi connectivity index (χ1v) is 7.82. The van der Waals surface area contributed by atoms with E-state index in [1.165, 1.54) is 4.90 Å².